The molecule has 1 saturated carbocycles. The minimum Gasteiger partial charge on any atom is -0.347 e. The number of ether oxygens (including phenoxy) is 2. The van der Waals surface area contributed by atoms with Gasteiger partial charge in [-0.25, -0.2) is 0 Å². The summed E-state index contributed by atoms with van der Waals surface area (Å²) in [6.07, 6.45) is 6.95. The Morgan fingerprint density at radius 1 is 1.19 bits per heavy atom. The maximum atomic E-state index is 13.0. The van der Waals surface area contributed by atoms with Crippen LogP contribution in [0.1, 0.15) is 29.6 Å². The highest BCUT2D eigenvalue weighted by atomic mass is 79.9. The Labute approximate surface area is 163 Å². The van der Waals surface area contributed by atoms with Gasteiger partial charge < -0.3 is 14.4 Å². The van der Waals surface area contributed by atoms with Gasteiger partial charge in [-0.2, -0.15) is 0 Å². The van der Waals surface area contributed by atoms with Crippen molar-refractivity contribution in [3.63, 3.8) is 0 Å². The Morgan fingerprint density at radius 3 is 2.50 bits per heavy atom. The molecule has 1 aromatic rings. The van der Waals surface area contributed by atoms with Crippen molar-refractivity contribution in [1.82, 2.24) is 9.80 Å². The first kappa shape index (κ1) is 18.2. The van der Waals surface area contributed by atoms with Gasteiger partial charge in [0.2, 0.25) is 0 Å². The Morgan fingerprint density at radius 2 is 1.85 bits per heavy atom. The summed E-state index contributed by atoms with van der Waals surface area (Å²) in [5, 5.41) is 0. The predicted molar refractivity (Wildman–Crippen MR) is 103 cm³/mol. The molecule has 1 amide bonds. The average Bonchev–Trinajstić information content (AvgIpc) is 3.34. The molecule has 1 spiro atoms. The first-order chi connectivity index (χ1) is 12.6. The van der Waals surface area contributed by atoms with Crippen molar-refractivity contribution in [2.24, 2.45) is 0 Å². The Kier molecular flexibility index (Phi) is 5.19. The molecule has 2 fully saturated rings. The second-order valence-electron chi connectivity index (χ2n) is 7.33. The van der Waals surface area contributed by atoms with Crippen LogP contribution in [0.5, 0.6) is 0 Å². The van der Waals surface area contributed by atoms with Gasteiger partial charge >= 0.3 is 0 Å². The summed E-state index contributed by atoms with van der Waals surface area (Å²) < 4.78 is 12.9. The number of benzene rings is 1. The van der Waals surface area contributed by atoms with E-state index in [2.05, 4.69) is 33.0 Å². The normalized spacial score (nSPS) is 27.9. The van der Waals surface area contributed by atoms with Crippen LogP contribution in [0.4, 0.5) is 0 Å². The van der Waals surface area contributed by atoms with Gasteiger partial charge in [-0.15, -0.1) is 0 Å². The molecule has 5 nitrogen and oxygen atoms in total. The third-order valence-electron chi connectivity index (χ3n) is 5.82. The summed E-state index contributed by atoms with van der Waals surface area (Å²) >= 11 is 3.43. The predicted octanol–water partition coefficient (Wildman–Crippen LogP) is 3.06. The molecule has 2 aliphatic heterocycles. The number of hydrogen-bond donors (Lipinski definition) is 0. The molecule has 0 N–H and O–H groups in total. The highest BCUT2D eigenvalue weighted by Crippen LogP contribution is 2.40. The molecule has 140 valence electrons. The molecule has 1 saturated heterocycles. The van der Waals surface area contributed by atoms with E-state index in [1.54, 1.807) is 0 Å². The van der Waals surface area contributed by atoms with E-state index < -0.39 is 5.79 Å². The van der Waals surface area contributed by atoms with Crippen LogP contribution in [-0.2, 0) is 9.47 Å². The minimum atomic E-state index is -0.453. The zero-order valence-electron chi connectivity index (χ0n) is 15.1. The van der Waals surface area contributed by atoms with Crippen LogP contribution in [0.25, 0.3) is 0 Å². The van der Waals surface area contributed by atoms with E-state index in [9.17, 15) is 4.79 Å². The molecule has 1 aliphatic carbocycles. The number of carbonyl (C=O) groups is 1. The van der Waals surface area contributed by atoms with Crippen LogP contribution in [0.3, 0.4) is 0 Å². The van der Waals surface area contributed by atoms with Crippen LogP contribution in [0.15, 0.2) is 40.9 Å². The van der Waals surface area contributed by atoms with Crippen LogP contribution in [0, 0.1) is 0 Å². The van der Waals surface area contributed by atoms with Crippen molar-refractivity contribution < 1.29 is 14.3 Å². The summed E-state index contributed by atoms with van der Waals surface area (Å²) in [6.45, 7) is 3.20. The quantitative estimate of drug-likeness (QED) is 0.704. The lowest BCUT2D eigenvalue weighted by Crippen LogP contribution is -2.58. The second kappa shape index (κ2) is 7.43. The number of rotatable bonds is 3. The fourth-order valence-corrected chi connectivity index (χ4v) is 4.68. The minimum absolute atomic E-state index is 0.0730. The molecule has 2 atom stereocenters. The third-order valence-corrected chi connectivity index (χ3v) is 6.35. The van der Waals surface area contributed by atoms with Gasteiger partial charge in [-0.1, -0.05) is 28.1 Å². The summed E-state index contributed by atoms with van der Waals surface area (Å²) in [5.74, 6) is -0.380. The maximum Gasteiger partial charge on any atom is 0.253 e. The van der Waals surface area contributed by atoms with E-state index in [4.69, 9.17) is 9.47 Å². The molecule has 3 aliphatic rings. The molecule has 6 heteroatoms. The second-order valence-corrected chi connectivity index (χ2v) is 8.25. The molecule has 4 rings (SSSR count). The highest BCUT2D eigenvalue weighted by molar-refractivity contribution is 9.10. The topological polar surface area (TPSA) is 42.0 Å². The van der Waals surface area contributed by atoms with Crippen molar-refractivity contribution in [2.45, 2.75) is 37.1 Å². The van der Waals surface area contributed by atoms with Gasteiger partial charge in [0.1, 0.15) is 0 Å². The highest BCUT2D eigenvalue weighted by Gasteiger charge is 2.48. The first-order valence-electron chi connectivity index (χ1n) is 9.28. The van der Waals surface area contributed by atoms with E-state index in [0.717, 1.165) is 42.4 Å². The molecule has 1 aromatic carbocycles. The Hall–Kier alpha value is -1.21. The Bertz CT molecular complexity index is 677. The maximum absolute atomic E-state index is 13.0. The summed E-state index contributed by atoms with van der Waals surface area (Å²) in [6, 6.07) is 7.98. The van der Waals surface area contributed by atoms with Crippen LogP contribution in [0.2, 0.25) is 0 Å². The van der Waals surface area contributed by atoms with Crippen LogP contribution < -0.4 is 0 Å². The number of amides is 1. The van der Waals surface area contributed by atoms with E-state index in [1.165, 1.54) is 0 Å². The first-order valence-corrected chi connectivity index (χ1v) is 10.1. The molecule has 0 aromatic heterocycles. The molecule has 0 radical (unpaired) electrons. The number of likely N-dealkylation sites (N-methyl/N-ethyl adjacent to an activating group) is 1. The third kappa shape index (κ3) is 3.48. The van der Waals surface area contributed by atoms with E-state index in [1.807, 2.05) is 36.2 Å². The summed E-state index contributed by atoms with van der Waals surface area (Å²) in [4.78, 5) is 17.4. The van der Waals surface area contributed by atoms with Gasteiger partial charge in [0, 0.05) is 55.1 Å². The van der Waals surface area contributed by atoms with Crippen molar-refractivity contribution in [1.29, 1.82) is 0 Å². The molecular formula is C20H25BrN2O3. The Balaban J connectivity index is 1.54. The fraction of sp³-hybridized carbons (Fsp3) is 0.550. The van der Waals surface area contributed by atoms with Gasteiger partial charge in [0.15, 0.2) is 5.79 Å². The monoisotopic (exact) mass is 420 g/mol. The molecule has 0 bridgehead atoms. The lowest BCUT2D eigenvalue weighted by atomic mass is 9.83. The zero-order valence-corrected chi connectivity index (χ0v) is 16.7. The molecule has 2 heterocycles. The van der Waals surface area contributed by atoms with Gasteiger partial charge in [-0.05, 0) is 30.7 Å². The van der Waals surface area contributed by atoms with Gasteiger partial charge in [0.25, 0.3) is 5.91 Å². The van der Waals surface area contributed by atoms with Crippen molar-refractivity contribution in [2.75, 3.05) is 33.4 Å². The largest absolute Gasteiger partial charge is 0.347 e. The number of carbonyl (C=O) groups excluding carboxylic acids is 1. The SMILES string of the molecule is CN(C(=O)c1ccc(Br)cc1)[C@H]1CCC2(C[C@@H]1N1CC=CC1)OCCO2. The fourth-order valence-electron chi connectivity index (χ4n) is 4.41. The summed E-state index contributed by atoms with van der Waals surface area (Å²) in [5.41, 5.74) is 0.725. The average molecular weight is 421 g/mol. The number of halogens is 1. The lowest BCUT2D eigenvalue weighted by molar-refractivity contribution is -0.196. The molecule has 26 heavy (non-hydrogen) atoms. The van der Waals surface area contributed by atoms with Crippen LogP contribution >= 0.6 is 15.9 Å². The van der Waals surface area contributed by atoms with E-state index in [-0.39, 0.29) is 18.0 Å². The van der Waals surface area contributed by atoms with E-state index >= 15 is 0 Å². The van der Waals surface area contributed by atoms with E-state index in [0.29, 0.717) is 13.2 Å². The summed E-state index contributed by atoms with van der Waals surface area (Å²) in [7, 11) is 1.93. The van der Waals surface area contributed by atoms with Crippen molar-refractivity contribution in [3.8, 4) is 0 Å². The van der Waals surface area contributed by atoms with Crippen LogP contribution in [-0.4, -0.2) is 66.9 Å². The lowest BCUT2D eigenvalue weighted by Gasteiger charge is -2.47. The number of hydrogen-bond acceptors (Lipinski definition) is 4. The van der Waals surface area contributed by atoms with Gasteiger partial charge in [0.05, 0.1) is 13.2 Å². The molecular weight excluding hydrogens is 396 g/mol. The van der Waals surface area contributed by atoms with Crippen molar-refractivity contribution in [3.05, 3.63) is 46.5 Å². The van der Waals surface area contributed by atoms with Crippen molar-refractivity contribution >= 4 is 21.8 Å². The zero-order chi connectivity index (χ0) is 18.1. The van der Waals surface area contributed by atoms with Gasteiger partial charge in [-0.3, -0.25) is 9.69 Å². The number of nitrogens with zero attached hydrogens (tertiary/aromatic N) is 2. The molecule has 0 unspecified atom stereocenters. The standard InChI is InChI=1S/C20H25BrN2O3/c1-22(19(24)15-4-6-16(21)7-5-15)17-8-9-20(25-12-13-26-20)14-18(17)23-10-2-3-11-23/h2-7,17-18H,8-14H2,1H3/t17-,18-/m0/s1. The smallest absolute Gasteiger partial charge is 0.253 e.